The lowest BCUT2D eigenvalue weighted by Gasteiger charge is -2.18. The lowest BCUT2D eigenvalue weighted by Crippen LogP contribution is -2.32. The largest absolute Gasteiger partial charge is 0.335 e. The Balaban J connectivity index is 2.12. The van der Waals surface area contributed by atoms with E-state index >= 15 is 0 Å². The van der Waals surface area contributed by atoms with E-state index in [2.05, 4.69) is 49.3 Å². The fourth-order valence-corrected chi connectivity index (χ4v) is 3.20. The van der Waals surface area contributed by atoms with Crippen molar-refractivity contribution in [3.63, 3.8) is 0 Å². The van der Waals surface area contributed by atoms with Gasteiger partial charge in [0.15, 0.2) is 5.16 Å². The maximum absolute atomic E-state index is 12.3. The number of hydrogen-bond donors (Lipinski definition) is 0. The molecule has 24 heavy (non-hydrogen) atoms. The number of nitrogens with zero attached hydrogens (tertiary/aromatic N) is 4. The summed E-state index contributed by atoms with van der Waals surface area (Å²) in [6.07, 6.45) is 5.10. The third-order valence-electron chi connectivity index (χ3n) is 3.50. The van der Waals surface area contributed by atoms with E-state index < -0.39 is 0 Å². The summed E-state index contributed by atoms with van der Waals surface area (Å²) in [5, 5.41) is 8.84. The number of carbonyl (C=O) groups excluding carboxylic acids is 1. The monoisotopic (exact) mass is 342 g/mol. The van der Waals surface area contributed by atoms with Gasteiger partial charge in [0.05, 0.1) is 11.4 Å². The number of aryl methyl sites for hydroxylation is 2. The molecule has 1 heterocycles. The van der Waals surface area contributed by atoms with Crippen molar-refractivity contribution in [2.75, 3.05) is 18.8 Å². The smallest absolute Gasteiger partial charge is 0.233 e. The first-order chi connectivity index (χ1) is 11.6. The molecule has 6 heteroatoms. The lowest BCUT2D eigenvalue weighted by atomic mass is 10.1. The fourth-order valence-electron chi connectivity index (χ4n) is 2.37. The molecular formula is C18H22N4OS. The van der Waals surface area contributed by atoms with E-state index in [1.807, 2.05) is 10.6 Å². The lowest BCUT2D eigenvalue weighted by molar-refractivity contribution is -0.127. The highest BCUT2D eigenvalue weighted by Crippen LogP contribution is 2.22. The predicted octanol–water partition coefficient (Wildman–Crippen LogP) is 3.18. The predicted molar refractivity (Wildman–Crippen MR) is 98.5 cm³/mol. The first-order valence-corrected chi connectivity index (χ1v) is 8.65. The van der Waals surface area contributed by atoms with Gasteiger partial charge in [0.25, 0.3) is 0 Å². The van der Waals surface area contributed by atoms with Crippen LogP contribution < -0.4 is 0 Å². The minimum absolute atomic E-state index is 0.0231. The summed E-state index contributed by atoms with van der Waals surface area (Å²) in [4.78, 5) is 14.0. The zero-order valence-corrected chi connectivity index (χ0v) is 14.9. The van der Waals surface area contributed by atoms with E-state index in [4.69, 9.17) is 0 Å². The molecule has 0 unspecified atom stereocenters. The molecule has 0 N–H and O–H groups in total. The molecule has 5 nitrogen and oxygen atoms in total. The molecule has 0 saturated heterocycles. The van der Waals surface area contributed by atoms with Crippen LogP contribution in [0.15, 0.2) is 55.0 Å². The minimum Gasteiger partial charge on any atom is -0.335 e. The Morgan fingerprint density at radius 1 is 1.29 bits per heavy atom. The quantitative estimate of drug-likeness (QED) is 0.546. The Labute approximate surface area is 147 Å². The van der Waals surface area contributed by atoms with Crippen LogP contribution in [0.25, 0.3) is 5.69 Å². The third-order valence-corrected chi connectivity index (χ3v) is 4.43. The first kappa shape index (κ1) is 18.0. The summed E-state index contributed by atoms with van der Waals surface area (Å²) in [5.41, 5.74) is 3.37. The summed E-state index contributed by atoms with van der Waals surface area (Å²) < 4.78 is 1.91. The van der Waals surface area contributed by atoms with Crippen molar-refractivity contribution in [2.24, 2.45) is 0 Å². The van der Waals surface area contributed by atoms with E-state index in [0.717, 1.165) is 11.3 Å². The SMILES string of the molecule is C=CCN(CC=C)C(=O)CSc1nncn1-c1ccc(C)cc1C. The van der Waals surface area contributed by atoms with Gasteiger partial charge < -0.3 is 4.90 Å². The van der Waals surface area contributed by atoms with Crippen molar-refractivity contribution in [1.82, 2.24) is 19.7 Å². The Morgan fingerprint density at radius 2 is 2.00 bits per heavy atom. The number of amides is 1. The highest BCUT2D eigenvalue weighted by Gasteiger charge is 2.15. The second-order valence-corrected chi connectivity index (χ2v) is 6.38. The van der Waals surface area contributed by atoms with Gasteiger partial charge in [-0.1, -0.05) is 41.6 Å². The molecule has 0 aliphatic carbocycles. The van der Waals surface area contributed by atoms with Gasteiger partial charge >= 0.3 is 0 Å². The third kappa shape index (κ3) is 4.35. The van der Waals surface area contributed by atoms with E-state index in [1.54, 1.807) is 23.4 Å². The van der Waals surface area contributed by atoms with Crippen LogP contribution in [0.3, 0.4) is 0 Å². The van der Waals surface area contributed by atoms with Crippen LogP contribution in [0, 0.1) is 13.8 Å². The molecule has 0 aliphatic rings. The van der Waals surface area contributed by atoms with Gasteiger partial charge in [-0.3, -0.25) is 9.36 Å². The molecule has 2 rings (SSSR count). The summed E-state index contributed by atoms with van der Waals surface area (Å²) in [5.74, 6) is 0.320. The Hall–Kier alpha value is -2.34. The maximum Gasteiger partial charge on any atom is 0.233 e. The van der Waals surface area contributed by atoms with E-state index in [9.17, 15) is 4.79 Å². The van der Waals surface area contributed by atoms with Crippen LogP contribution in [0.1, 0.15) is 11.1 Å². The van der Waals surface area contributed by atoms with Gasteiger partial charge in [-0.2, -0.15) is 0 Å². The molecule has 0 bridgehead atoms. The zero-order chi connectivity index (χ0) is 17.5. The molecule has 0 spiro atoms. The van der Waals surface area contributed by atoms with Crippen molar-refractivity contribution < 1.29 is 4.79 Å². The van der Waals surface area contributed by atoms with Crippen LogP contribution in [0.5, 0.6) is 0 Å². The zero-order valence-electron chi connectivity index (χ0n) is 14.1. The Bertz CT molecular complexity index is 728. The normalized spacial score (nSPS) is 10.4. The van der Waals surface area contributed by atoms with Crippen molar-refractivity contribution in [3.8, 4) is 5.69 Å². The highest BCUT2D eigenvalue weighted by atomic mass is 32.2. The van der Waals surface area contributed by atoms with Gasteiger partial charge in [0.1, 0.15) is 6.33 Å². The molecule has 1 amide bonds. The average molecular weight is 342 g/mol. The van der Waals surface area contributed by atoms with Crippen LogP contribution in [-0.4, -0.2) is 44.4 Å². The Kier molecular flexibility index (Phi) is 6.37. The van der Waals surface area contributed by atoms with Gasteiger partial charge in [-0.05, 0) is 25.5 Å². The number of thioether (sulfide) groups is 1. The summed E-state index contributed by atoms with van der Waals surface area (Å²) in [7, 11) is 0. The van der Waals surface area contributed by atoms with E-state index in [0.29, 0.717) is 24.0 Å². The van der Waals surface area contributed by atoms with Crippen LogP contribution in [-0.2, 0) is 4.79 Å². The molecule has 126 valence electrons. The highest BCUT2D eigenvalue weighted by molar-refractivity contribution is 7.99. The van der Waals surface area contributed by atoms with Crippen molar-refractivity contribution in [3.05, 3.63) is 61.0 Å². The number of benzene rings is 1. The van der Waals surface area contributed by atoms with Crippen molar-refractivity contribution in [2.45, 2.75) is 19.0 Å². The molecule has 2 aromatic rings. The van der Waals surface area contributed by atoms with Gasteiger partial charge in [-0.15, -0.1) is 23.4 Å². The standard InChI is InChI=1S/C18H22N4OS/c1-5-9-21(10-6-2)17(23)12-24-18-20-19-13-22(18)16-8-7-14(3)11-15(16)4/h5-8,11,13H,1-2,9-10,12H2,3-4H3. The first-order valence-electron chi connectivity index (χ1n) is 7.66. The van der Waals surface area contributed by atoms with Gasteiger partial charge in [-0.25, -0.2) is 0 Å². The van der Waals surface area contributed by atoms with Crippen molar-refractivity contribution >= 4 is 17.7 Å². The van der Waals surface area contributed by atoms with Gasteiger partial charge in [0, 0.05) is 13.1 Å². The number of aromatic nitrogens is 3. The summed E-state index contributed by atoms with van der Waals surface area (Å²) in [6.45, 7) is 12.5. The topological polar surface area (TPSA) is 51.0 Å². The molecule has 1 aromatic heterocycles. The molecule has 0 atom stereocenters. The Morgan fingerprint density at radius 3 is 2.62 bits per heavy atom. The van der Waals surface area contributed by atoms with Crippen LogP contribution in [0.4, 0.5) is 0 Å². The van der Waals surface area contributed by atoms with Crippen LogP contribution >= 0.6 is 11.8 Å². The average Bonchev–Trinajstić information content (AvgIpc) is 3.00. The van der Waals surface area contributed by atoms with E-state index in [1.165, 1.54) is 17.3 Å². The second-order valence-electron chi connectivity index (χ2n) is 5.44. The number of hydrogen-bond acceptors (Lipinski definition) is 4. The van der Waals surface area contributed by atoms with E-state index in [-0.39, 0.29) is 5.91 Å². The molecule has 0 aliphatic heterocycles. The summed E-state index contributed by atoms with van der Waals surface area (Å²) in [6, 6.07) is 6.21. The molecule has 0 saturated carbocycles. The fraction of sp³-hybridized carbons (Fsp3) is 0.278. The molecule has 0 fully saturated rings. The molecule has 1 aromatic carbocycles. The van der Waals surface area contributed by atoms with Gasteiger partial charge in [0.2, 0.25) is 5.91 Å². The summed E-state index contributed by atoms with van der Waals surface area (Å²) >= 11 is 1.38. The molecule has 0 radical (unpaired) electrons. The number of carbonyl (C=O) groups is 1. The van der Waals surface area contributed by atoms with Crippen molar-refractivity contribution in [1.29, 1.82) is 0 Å². The second kappa shape index (κ2) is 8.49. The molecular weight excluding hydrogens is 320 g/mol. The number of rotatable bonds is 8. The maximum atomic E-state index is 12.3. The van der Waals surface area contributed by atoms with Crippen LogP contribution in [0.2, 0.25) is 0 Å². The minimum atomic E-state index is 0.0231.